The summed E-state index contributed by atoms with van der Waals surface area (Å²) in [7, 11) is 3.28. The van der Waals surface area contributed by atoms with Gasteiger partial charge in [0.05, 0.1) is 19.8 Å². The number of methoxy groups -OCH3 is 2. The smallest absolute Gasteiger partial charge is 0.119 e. The Morgan fingerprint density at radius 2 is 1.82 bits per heavy atom. The van der Waals surface area contributed by atoms with Crippen LogP contribution in [0.4, 0.5) is 0 Å². The number of rotatable bonds is 8. The van der Waals surface area contributed by atoms with Gasteiger partial charge in [-0.05, 0) is 54.4 Å². The Bertz CT molecular complexity index is 600. The Hall–Kier alpha value is -1.62. The number of nitrogens with one attached hydrogen (secondary N) is 1. The van der Waals surface area contributed by atoms with E-state index in [9.17, 15) is 5.11 Å². The van der Waals surface area contributed by atoms with Crippen LogP contribution in [0.2, 0.25) is 0 Å². The summed E-state index contributed by atoms with van der Waals surface area (Å²) in [6, 6.07) is 12.8. The SMILES string of the molecule is COCC(O)CCNC(C)c1ccc2cc(OC)ccc2c1. The number of fused-ring (bicyclic) bond motifs is 1. The van der Waals surface area contributed by atoms with E-state index in [1.54, 1.807) is 14.2 Å². The van der Waals surface area contributed by atoms with Gasteiger partial charge in [-0.25, -0.2) is 0 Å². The third-order valence-electron chi connectivity index (χ3n) is 3.86. The quantitative estimate of drug-likeness (QED) is 0.787. The van der Waals surface area contributed by atoms with Crippen LogP contribution in [0.25, 0.3) is 10.8 Å². The van der Waals surface area contributed by atoms with E-state index in [-0.39, 0.29) is 6.04 Å². The largest absolute Gasteiger partial charge is 0.497 e. The van der Waals surface area contributed by atoms with Gasteiger partial charge in [-0.15, -0.1) is 0 Å². The van der Waals surface area contributed by atoms with Gasteiger partial charge >= 0.3 is 0 Å². The number of ether oxygens (including phenoxy) is 2. The minimum atomic E-state index is -0.409. The van der Waals surface area contributed by atoms with Crippen molar-refractivity contribution in [3.8, 4) is 5.75 Å². The number of aliphatic hydroxyl groups excluding tert-OH is 1. The lowest BCUT2D eigenvalue weighted by Crippen LogP contribution is -2.25. The van der Waals surface area contributed by atoms with Crippen LogP contribution >= 0.6 is 0 Å². The topological polar surface area (TPSA) is 50.7 Å². The fraction of sp³-hybridized carbons (Fsp3) is 0.444. The van der Waals surface area contributed by atoms with E-state index < -0.39 is 6.10 Å². The molecular weight excluding hydrogens is 278 g/mol. The lowest BCUT2D eigenvalue weighted by molar-refractivity contribution is 0.0590. The van der Waals surface area contributed by atoms with Crippen molar-refractivity contribution in [2.45, 2.75) is 25.5 Å². The maximum absolute atomic E-state index is 9.65. The second-order valence-electron chi connectivity index (χ2n) is 5.55. The molecule has 2 rings (SSSR count). The van der Waals surface area contributed by atoms with Crippen molar-refractivity contribution in [2.24, 2.45) is 0 Å². The second kappa shape index (κ2) is 8.13. The van der Waals surface area contributed by atoms with E-state index in [4.69, 9.17) is 9.47 Å². The summed E-state index contributed by atoms with van der Waals surface area (Å²) < 4.78 is 10.2. The van der Waals surface area contributed by atoms with E-state index in [1.165, 1.54) is 16.3 Å². The molecule has 2 aromatic rings. The molecule has 0 aliphatic carbocycles. The molecule has 4 heteroatoms. The number of benzene rings is 2. The average Bonchev–Trinajstić information content (AvgIpc) is 2.54. The van der Waals surface area contributed by atoms with Gasteiger partial charge < -0.3 is 19.9 Å². The zero-order valence-corrected chi connectivity index (χ0v) is 13.5. The first-order chi connectivity index (χ1) is 10.6. The molecule has 2 N–H and O–H groups in total. The van der Waals surface area contributed by atoms with E-state index in [1.807, 2.05) is 12.1 Å². The van der Waals surface area contributed by atoms with Crippen molar-refractivity contribution in [2.75, 3.05) is 27.4 Å². The molecule has 120 valence electrons. The van der Waals surface area contributed by atoms with Gasteiger partial charge in [-0.3, -0.25) is 0 Å². The highest BCUT2D eigenvalue weighted by Gasteiger charge is 2.08. The van der Waals surface area contributed by atoms with Crippen molar-refractivity contribution in [1.82, 2.24) is 5.32 Å². The third-order valence-corrected chi connectivity index (χ3v) is 3.86. The van der Waals surface area contributed by atoms with Crippen LogP contribution < -0.4 is 10.1 Å². The Balaban J connectivity index is 1.98. The van der Waals surface area contributed by atoms with Crippen LogP contribution in [0.15, 0.2) is 36.4 Å². The molecule has 0 aliphatic heterocycles. The van der Waals surface area contributed by atoms with E-state index in [0.29, 0.717) is 13.0 Å². The van der Waals surface area contributed by atoms with Gasteiger partial charge in [0.2, 0.25) is 0 Å². The Morgan fingerprint density at radius 3 is 2.55 bits per heavy atom. The highest BCUT2D eigenvalue weighted by atomic mass is 16.5. The summed E-state index contributed by atoms with van der Waals surface area (Å²) in [6.45, 7) is 3.27. The molecule has 0 heterocycles. The van der Waals surface area contributed by atoms with Crippen molar-refractivity contribution < 1.29 is 14.6 Å². The highest BCUT2D eigenvalue weighted by Crippen LogP contribution is 2.24. The normalized spacial score (nSPS) is 14.0. The molecule has 0 fully saturated rings. The first kappa shape index (κ1) is 16.7. The molecule has 0 spiro atoms. The van der Waals surface area contributed by atoms with Crippen LogP contribution in [0, 0.1) is 0 Å². The van der Waals surface area contributed by atoms with Crippen LogP contribution in [0.5, 0.6) is 5.75 Å². The van der Waals surface area contributed by atoms with Crippen LogP contribution in [-0.4, -0.2) is 38.6 Å². The molecule has 0 radical (unpaired) electrons. The second-order valence-corrected chi connectivity index (χ2v) is 5.55. The van der Waals surface area contributed by atoms with Crippen LogP contribution in [-0.2, 0) is 4.74 Å². The van der Waals surface area contributed by atoms with Gasteiger partial charge in [0.25, 0.3) is 0 Å². The molecule has 0 amide bonds. The lowest BCUT2D eigenvalue weighted by atomic mass is 10.0. The molecule has 0 aromatic heterocycles. The summed E-state index contributed by atoms with van der Waals surface area (Å²) in [6.07, 6.45) is 0.275. The zero-order valence-electron chi connectivity index (χ0n) is 13.5. The molecule has 2 aromatic carbocycles. The summed E-state index contributed by atoms with van der Waals surface area (Å²) in [5.74, 6) is 0.874. The zero-order chi connectivity index (χ0) is 15.9. The van der Waals surface area contributed by atoms with Gasteiger partial charge in [-0.2, -0.15) is 0 Å². The molecule has 0 saturated heterocycles. The van der Waals surface area contributed by atoms with Crippen LogP contribution in [0.1, 0.15) is 24.9 Å². The number of hydrogen-bond acceptors (Lipinski definition) is 4. The average molecular weight is 303 g/mol. The molecular formula is C18H25NO3. The minimum Gasteiger partial charge on any atom is -0.497 e. The van der Waals surface area contributed by atoms with Crippen molar-refractivity contribution in [3.63, 3.8) is 0 Å². The first-order valence-electron chi connectivity index (χ1n) is 7.62. The Labute approximate surface area is 132 Å². The van der Waals surface area contributed by atoms with Crippen molar-refractivity contribution >= 4 is 10.8 Å². The Kier molecular flexibility index (Phi) is 6.19. The molecule has 0 aliphatic rings. The number of aliphatic hydroxyl groups is 1. The molecule has 0 bridgehead atoms. The van der Waals surface area contributed by atoms with E-state index in [2.05, 4.69) is 36.5 Å². The van der Waals surface area contributed by atoms with Gasteiger partial charge in [0.15, 0.2) is 0 Å². The fourth-order valence-electron chi connectivity index (χ4n) is 2.50. The number of hydrogen-bond donors (Lipinski definition) is 2. The fourth-order valence-corrected chi connectivity index (χ4v) is 2.50. The highest BCUT2D eigenvalue weighted by molar-refractivity contribution is 5.84. The molecule has 22 heavy (non-hydrogen) atoms. The Morgan fingerprint density at radius 1 is 1.09 bits per heavy atom. The van der Waals surface area contributed by atoms with E-state index >= 15 is 0 Å². The standard InChI is InChI=1S/C18H25NO3/c1-13(19-9-8-17(20)12-21-2)14-4-5-16-11-18(22-3)7-6-15(16)10-14/h4-7,10-11,13,17,19-20H,8-9,12H2,1-3H3. The monoisotopic (exact) mass is 303 g/mol. The summed E-state index contributed by atoms with van der Waals surface area (Å²) in [5, 5.41) is 15.5. The van der Waals surface area contributed by atoms with Gasteiger partial charge in [0, 0.05) is 13.2 Å². The van der Waals surface area contributed by atoms with Gasteiger partial charge in [0.1, 0.15) is 5.75 Å². The molecule has 0 saturated carbocycles. The first-order valence-corrected chi connectivity index (χ1v) is 7.62. The predicted molar refractivity (Wildman–Crippen MR) is 89.4 cm³/mol. The van der Waals surface area contributed by atoms with Crippen molar-refractivity contribution in [1.29, 1.82) is 0 Å². The summed E-state index contributed by atoms with van der Waals surface area (Å²) in [5.41, 5.74) is 1.24. The summed E-state index contributed by atoms with van der Waals surface area (Å²) in [4.78, 5) is 0. The van der Waals surface area contributed by atoms with Gasteiger partial charge in [-0.1, -0.05) is 18.2 Å². The molecule has 2 atom stereocenters. The maximum atomic E-state index is 9.65. The lowest BCUT2D eigenvalue weighted by Gasteiger charge is -2.16. The predicted octanol–water partition coefficient (Wildman–Crippen LogP) is 2.90. The maximum Gasteiger partial charge on any atom is 0.119 e. The summed E-state index contributed by atoms with van der Waals surface area (Å²) >= 11 is 0. The van der Waals surface area contributed by atoms with Crippen LogP contribution in [0.3, 0.4) is 0 Å². The molecule has 4 nitrogen and oxygen atoms in total. The van der Waals surface area contributed by atoms with E-state index in [0.717, 1.165) is 12.3 Å². The minimum absolute atomic E-state index is 0.237. The molecule has 2 unspecified atom stereocenters. The van der Waals surface area contributed by atoms with Crippen molar-refractivity contribution in [3.05, 3.63) is 42.0 Å². The third kappa shape index (κ3) is 4.44.